The molecule has 0 spiro atoms. The maximum absolute atomic E-state index is 12.5. The molecule has 3 aromatic rings. The molecule has 0 aliphatic carbocycles. The predicted molar refractivity (Wildman–Crippen MR) is 101 cm³/mol. The van der Waals surface area contributed by atoms with Gasteiger partial charge in [0.05, 0.1) is 5.39 Å². The van der Waals surface area contributed by atoms with Crippen molar-refractivity contribution in [1.82, 2.24) is 0 Å². The zero-order valence-corrected chi connectivity index (χ0v) is 14.6. The van der Waals surface area contributed by atoms with Crippen LogP contribution in [0.4, 0.5) is 5.69 Å². The van der Waals surface area contributed by atoms with Crippen molar-refractivity contribution in [3.05, 3.63) is 64.3 Å². The fourth-order valence-corrected chi connectivity index (χ4v) is 2.66. The van der Waals surface area contributed by atoms with Gasteiger partial charge in [-0.05, 0) is 29.7 Å². The lowest BCUT2D eigenvalue weighted by atomic mass is 10.0. The van der Waals surface area contributed by atoms with Crippen molar-refractivity contribution in [2.45, 2.75) is 33.1 Å². The summed E-state index contributed by atoms with van der Waals surface area (Å²) in [4.78, 5) is 24.0. The van der Waals surface area contributed by atoms with Gasteiger partial charge in [0.2, 0.25) is 5.91 Å². The van der Waals surface area contributed by atoms with Crippen molar-refractivity contribution >= 4 is 22.6 Å². The first kappa shape index (κ1) is 17.0. The number of anilines is 1. The molecule has 0 aliphatic rings. The number of fused-ring (bicyclic) bond motifs is 1. The van der Waals surface area contributed by atoms with E-state index in [1.165, 1.54) is 11.6 Å². The molecular weight excluding hydrogens is 314 g/mol. The Morgan fingerprint density at radius 1 is 1.08 bits per heavy atom. The molecule has 4 heteroatoms. The molecule has 0 radical (unpaired) electrons. The van der Waals surface area contributed by atoms with Crippen LogP contribution in [0.25, 0.3) is 22.3 Å². The Hall–Kier alpha value is -2.88. The van der Waals surface area contributed by atoms with Crippen molar-refractivity contribution in [1.29, 1.82) is 0 Å². The monoisotopic (exact) mass is 335 g/mol. The minimum atomic E-state index is -0.128. The number of carbonyl (C=O) groups is 1. The van der Waals surface area contributed by atoms with Crippen LogP contribution in [0.3, 0.4) is 0 Å². The summed E-state index contributed by atoms with van der Waals surface area (Å²) < 4.78 is 5.90. The molecule has 0 atom stereocenters. The fourth-order valence-electron chi connectivity index (χ4n) is 2.66. The zero-order chi connectivity index (χ0) is 18.0. The van der Waals surface area contributed by atoms with Gasteiger partial charge in [-0.1, -0.05) is 45.0 Å². The molecule has 0 unspecified atom stereocenters. The van der Waals surface area contributed by atoms with Crippen LogP contribution in [-0.4, -0.2) is 5.91 Å². The van der Waals surface area contributed by atoms with Crippen LogP contribution in [0.5, 0.6) is 0 Å². The molecule has 3 rings (SSSR count). The second-order valence-electron chi connectivity index (χ2n) is 6.36. The number of nitrogens with one attached hydrogen (secondary N) is 1. The zero-order valence-electron chi connectivity index (χ0n) is 14.6. The second kappa shape index (κ2) is 6.93. The minimum absolute atomic E-state index is 0.0920. The van der Waals surface area contributed by atoms with E-state index >= 15 is 0 Å². The van der Waals surface area contributed by atoms with Crippen LogP contribution in [0.15, 0.2) is 57.7 Å². The largest absolute Gasteiger partial charge is 0.456 e. The Balaban J connectivity index is 2.00. The average Bonchev–Trinajstić information content (AvgIpc) is 2.62. The molecule has 0 saturated heterocycles. The van der Waals surface area contributed by atoms with Crippen molar-refractivity contribution in [2.24, 2.45) is 0 Å². The van der Waals surface area contributed by atoms with Crippen LogP contribution < -0.4 is 10.7 Å². The standard InChI is InChI=1S/C21H21NO3/c1-4-21(24)22-16-9-10-19-17(11-16)18(23)12-20(25-19)15-7-5-14(6-8-15)13(2)3/h5-13H,4H2,1-3H3,(H,22,24). The van der Waals surface area contributed by atoms with Crippen molar-refractivity contribution in [2.75, 3.05) is 5.32 Å². The molecule has 0 saturated carbocycles. The fraction of sp³-hybridized carbons (Fsp3) is 0.238. The summed E-state index contributed by atoms with van der Waals surface area (Å²) in [7, 11) is 0. The summed E-state index contributed by atoms with van der Waals surface area (Å²) in [6.45, 7) is 6.06. The van der Waals surface area contributed by atoms with Gasteiger partial charge < -0.3 is 9.73 Å². The lowest BCUT2D eigenvalue weighted by molar-refractivity contribution is -0.115. The summed E-state index contributed by atoms with van der Waals surface area (Å²) in [5, 5.41) is 3.21. The third-order valence-electron chi connectivity index (χ3n) is 4.19. The Morgan fingerprint density at radius 3 is 2.44 bits per heavy atom. The van der Waals surface area contributed by atoms with Gasteiger partial charge in [-0.25, -0.2) is 0 Å². The Morgan fingerprint density at radius 2 is 1.80 bits per heavy atom. The first-order valence-electron chi connectivity index (χ1n) is 8.46. The number of hydrogen-bond acceptors (Lipinski definition) is 3. The highest BCUT2D eigenvalue weighted by molar-refractivity contribution is 5.93. The van der Waals surface area contributed by atoms with Crippen molar-refractivity contribution < 1.29 is 9.21 Å². The van der Waals surface area contributed by atoms with Gasteiger partial charge in [-0.2, -0.15) is 0 Å². The van der Waals surface area contributed by atoms with E-state index in [-0.39, 0.29) is 11.3 Å². The van der Waals surface area contributed by atoms with Crippen molar-refractivity contribution in [3.63, 3.8) is 0 Å². The molecule has 4 nitrogen and oxygen atoms in total. The average molecular weight is 335 g/mol. The molecule has 1 heterocycles. The molecule has 25 heavy (non-hydrogen) atoms. The van der Waals surface area contributed by atoms with Crippen LogP contribution in [-0.2, 0) is 4.79 Å². The Bertz CT molecular complexity index is 969. The first-order chi connectivity index (χ1) is 12.0. The molecule has 128 valence electrons. The SMILES string of the molecule is CCC(=O)Nc1ccc2oc(-c3ccc(C(C)C)cc3)cc(=O)c2c1. The van der Waals surface area contributed by atoms with E-state index in [0.717, 1.165) is 5.56 Å². The topological polar surface area (TPSA) is 59.3 Å². The smallest absolute Gasteiger partial charge is 0.224 e. The second-order valence-corrected chi connectivity index (χ2v) is 6.36. The molecule has 0 fully saturated rings. The lowest BCUT2D eigenvalue weighted by Gasteiger charge is -2.08. The summed E-state index contributed by atoms with van der Waals surface area (Å²) in [5.41, 5.74) is 3.08. The molecular formula is C21H21NO3. The van der Waals surface area contributed by atoms with Crippen LogP contribution in [0, 0.1) is 0 Å². The van der Waals surface area contributed by atoms with Gasteiger partial charge in [0, 0.05) is 23.7 Å². The molecule has 0 aliphatic heterocycles. The van der Waals surface area contributed by atoms with Crippen LogP contribution in [0.2, 0.25) is 0 Å². The Labute approximate surface area is 146 Å². The minimum Gasteiger partial charge on any atom is -0.456 e. The van der Waals surface area contributed by atoms with Gasteiger partial charge in [0.1, 0.15) is 11.3 Å². The lowest BCUT2D eigenvalue weighted by Crippen LogP contribution is -2.10. The first-order valence-corrected chi connectivity index (χ1v) is 8.46. The highest BCUT2D eigenvalue weighted by atomic mass is 16.3. The van der Waals surface area contributed by atoms with Crippen molar-refractivity contribution in [3.8, 4) is 11.3 Å². The van der Waals surface area contributed by atoms with Gasteiger partial charge >= 0.3 is 0 Å². The van der Waals surface area contributed by atoms with Gasteiger partial charge in [0.25, 0.3) is 0 Å². The summed E-state index contributed by atoms with van der Waals surface area (Å²) in [6, 6.07) is 14.6. The quantitative estimate of drug-likeness (QED) is 0.735. The van der Waals surface area contributed by atoms with E-state index in [1.807, 2.05) is 24.3 Å². The maximum Gasteiger partial charge on any atom is 0.224 e. The van der Waals surface area contributed by atoms with Gasteiger partial charge in [-0.15, -0.1) is 0 Å². The summed E-state index contributed by atoms with van der Waals surface area (Å²) >= 11 is 0. The number of rotatable bonds is 4. The molecule has 2 aromatic carbocycles. The summed E-state index contributed by atoms with van der Waals surface area (Å²) in [5.74, 6) is 0.901. The van der Waals surface area contributed by atoms with Gasteiger partial charge in [-0.3, -0.25) is 9.59 Å². The van der Waals surface area contributed by atoms with E-state index in [2.05, 4.69) is 19.2 Å². The normalized spacial score (nSPS) is 11.0. The van der Waals surface area contributed by atoms with Gasteiger partial charge in [0.15, 0.2) is 5.43 Å². The highest BCUT2D eigenvalue weighted by Gasteiger charge is 2.09. The third kappa shape index (κ3) is 3.63. The van der Waals surface area contributed by atoms with Crippen LogP contribution >= 0.6 is 0 Å². The molecule has 1 amide bonds. The number of benzene rings is 2. The number of amides is 1. The number of hydrogen-bond donors (Lipinski definition) is 1. The van der Waals surface area contributed by atoms with E-state index in [1.54, 1.807) is 25.1 Å². The molecule has 1 N–H and O–H groups in total. The highest BCUT2D eigenvalue weighted by Crippen LogP contribution is 2.25. The Kier molecular flexibility index (Phi) is 4.70. The predicted octanol–water partition coefficient (Wildman–Crippen LogP) is 4.93. The third-order valence-corrected chi connectivity index (χ3v) is 4.19. The summed E-state index contributed by atoms with van der Waals surface area (Å²) in [6.07, 6.45) is 0.387. The van der Waals surface area contributed by atoms with E-state index in [0.29, 0.717) is 34.8 Å². The van der Waals surface area contributed by atoms with E-state index in [4.69, 9.17) is 4.42 Å². The van der Waals surface area contributed by atoms with E-state index in [9.17, 15) is 9.59 Å². The molecule has 1 aromatic heterocycles. The van der Waals surface area contributed by atoms with E-state index < -0.39 is 0 Å². The maximum atomic E-state index is 12.5. The number of carbonyl (C=O) groups excluding carboxylic acids is 1. The van der Waals surface area contributed by atoms with Crippen LogP contribution in [0.1, 0.15) is 38.7 Å². The molecule has 0 bridgehead atoms.